The summed E-state index contributed by atoms with van der Waals surface area (Å²) in [5.41, 5.74) is 4.01. The summed E-state index contributed by atoms with van der Waals surface area (Å²) >= 11 is 0. The van der Waals surface area contributed by atoms with Crippen LogP contribution in [0.3, 0.4) is 0 Å². The largest absolute Gasteiger partial charge is 0.367 e. The van der Waals surface area contributed by atoms with Crippen molar-refractivity contribution < 1.29 is 0 Å². The minimum atomic E-state index is 0.910. The van der Waals surface area contributed by atoms with E-state index in [9.17, 15) is 0 Å². The highest BCUT2D eigenvalue weighted by Gasteiger charge is 2.16. The summed E-state index contributed by atoms with van der Waals surface area (Å²) in [6.07, 6.45) is 9.18. The van der Waals surface area contributed by atoms with Gasteiger partial charge in [0.05, 0.1) is 6.67 Å². The van der Waals surface area contributed by atoms with E-state index in [0.717, 1.165) is 13.2 Å². The molecule has 0 atom stereocenters. The van der Waals surface area contributed by atoms with Crippen molar-refractivity contribution in [3.63, 3.8) is 0 Å². The summed E-state index contributed by atoms with van der Waals surface area (Å²) in [6, 6.07) is 8.54. The number of nitrogens with one attached hydrogen (secondary N) is 1. The van der Waals surface area contributed by atoms with E-state index in [0.29, 0.717) is 0 Å². The van der Waals surface area contributed by atoms with Crippen molar-refractivity contribution in [2.45, 2.75) is 19.4 Å². The number of hydrogen-bond acceptors (Lipinski definition) is 2. The van der Waals surface area contributed by atoms with Crippen LogP contribution in [0.25, 0.3) is 0 Å². The van der Waals surface area contributed by atoms with E-state index in [1.807, 2.05) is 0 Å². The van der Waals surface area contributed by atoms with Crippen LogP contribution in [-0.4, -0.2) is 11.6 Å². The van der Waals surface area contributed by atoms with Crippen molar-refractivity contribution in [1.29, 1.82) is 0 Å². The Kier molecular flexibility index (Phi) is 2.41. The van der Waals surface area contributed by atoms with Crippen LogP contribution in [0.2, 0.25) is 0 Å². The smallest absolute Gasteiger partial charge is 0.0879 e. The molecule has 1 N–H and O–H groups in total. The van der Waals surface area contributed by atoms with Crippen LogP contribution in [0.4, 0.5) is 5.69 Å². The average Bonchev–Trinajstić information content (AvgIpc) is 2.39. The van der Waals surface area contributed by atoms with Gasteiger partial charge in [-0.1, -0.05) is 30.4 Å². The average molecular weight is 212 g/mol. The number of benzene rings is 1. The molecule has 1 aromatic rings. The first-order valence-electron chi connectivity index (χ1n) is 5.87. The summed E-state index contributed by atoms with van der Waals surface area (Å²) in [5, 5.41) is 3.46. The van der Waals surface area contributed by atoms with Gasteiger partial charge in [-0.15, -0.1) is 0 Å². The summed E-state index contributed by atoms with van der Waals surface area (Å²) in [4.78, 5) is 2.39. The maximum absolute atomic E-state index is 3.46. The molecule has 0 fully saturated rings. The van der Waals surface area contributed by atoms with E-state index in [4.69, 9.17) is 0 Å². The maximum atomic E-state index is 3.46. The van der Waals surface area contributed by atoms with Gasteiger partial charge >= 0.3 is 0 Å². The summed E-state index contributed by atoms with van der Waals surface area (Å²) < 4.78 is 0. The Morgan fingerprint density at radius 3 is 2.94 bits per heavy atom. The van der Waals surface area contributed by atoms with Gasteiger partial charge in [0.1, 0.15) is 0 Å². The second-order valence-corrected chi connectivity index (χ2v) is 4.30. The van der Waals surface area contributed by atoms with Gasteiger partial charge in [0.25, 0.3) is 0 Å². The van der Waals surface area contributed by atoms with E-state index in [1.165, 1.54) is 29.8 Å². The molecule has 0 saturated heterocycles. The van der Waals surface area contributed by atoms with Crippen LogP contribution < -0.4 is 5.32 Å². The molecule has 16 heavy (non-hydrogen) atoms. The number of fused-ring (bicyclic) bond motifs is 1. The highest BCUT2D eigenvalue weighted by Crippen LogP contribution is 2.25. The van der Waals surface area contributed by atoms with Crippen LogP contribution in [0.15, 0.2) is 48.2 Å². The molecule has 2 nitrogen and oxygen atoms in total. The first-order chi connectivity index (χ1) is 7.93. The third kappa shape index (κ3) is 1.71. The fraction of sp³-hybridized carbons (Fsp3) is 0.286. The van der Waals surface area contributed by atoms with E-state index < -0.39 is 0 Å². The Bertz CT molecular complexity index is 446. The molecule has 82 valence electrons. The molecule has 1 aliphatic heterocycles. The summed E-state index contributed by atoms with van der Waals surface area (Å²) in [6.45, 7) is 1.92. The molecule has 0 radical (unpaired) electrons. The minimum absolute atomic E-state index is 0.910. The maximum Gasteiger partial charge on any atom is 0.0879 e. The minimum Gasteiger partial charge on any atom is -0.367 e. The van der Waals surface area contributed by atoms with Crippen molar-refractivity contribution in [2.24, 2.45) is 0 Å². The zero-order valence-corrected chi connectivity index (χ0v) is 9.32. The van der Waals surface area contributed by atoms with E-state index in [1.54, 1.807) is 0 Å². The van der Waals surface area contributed by atoms with Gasteiger partial charge in [-0.25, -0.2) is 0 Å². The highest BCUT2D eigenvalue weighted by molar-refractivity contribution is 5.53. The van der Waals surface area contributed by atoms with Gasteiger partial charge in [0, 0.05) is 17.9 Å². The molecule has 3 rings (SSSR count). The molecule has 1 heterocycles. The standard InChI is InChI=1S/C14H16N2/c1-2-7-13(8-3-1)16-10-12-6-4-5-9-14(12)15-11-16/h2,4-9,15H,1,3,10-11H2. The third-order valence-corrected chi connectivity index (χ3v) is 3.18. The molecule has 0 unspecified atom stereocenters. The number of para-hydroxylation sites is 1. The van der Waals surface area contributed by atoms with Gasteiger partial charge in [0.2, 0.25) is 0 Å². The van der Waals surface area contributed by atoms with Gasteiger partial charge in [0.15, 0.2) is 0 Å². The predicted octanol–water partition coefficient (Wildman–Crippen LogP) is 3.11. The molecule has 0 aromatic heterocycles. The van der Waals surface area contributed by atoms with E-state index in [2.05, 4.69) is 52.7 Å². The van der Waals surface area contributed by atoms with Crippen LogP contribution in [0, 0.1) is 0 Å². The molecule has 0 spiro atoms. The number of hydrogen-bond donors (Lipinski definition) is 1. The molecular weight excluding hydrogens is 196 g/mol. The zero-order chi connectivity index (χ0) is 10.8. The Morgan fingerprint density at radius 2 is 2.06 bits per heavy atom. The Morgan fingerprint density at radius 1 is 1.12 bits per heavy atom. The first kappa shape index (κ1) is 9.52. The van der Waals surface area contributed by atoms with Gasteiger partial charge < -0.3 is 10.2 Å². The fourth-order valence-electron chi connectivity index (χ4n) is 2.29. The quantitative estimate of drug-likeness (QED) is 0.769. The topological polar surface area (TPSA) is 15.3 Å². The molecular formula is C14H16N2. The second kappa shape index (κ2) is 4.05. The second-order valence-electron chi connectivity index (χ2n) is 4.30. The summed E-state index contributed by atoms with van der Waals surface area (Å²) in [7, 11) is 0. The molecule has 1 aromatic carbocycles. The number of anilines is 1. The number of rotatable bonds is 1. The molecule has 1 aliphatic carbocycles. The summed E-state index contributed by atoms with van der Waals surface area (Å²) in [5.74, 6) is 0. The van der Waals surface area contributed by atoms with Crippen molar-refractivity contribution in [1.82, 2.24) is 4.90 Å². The van der Waals surface area contributed by atoms with Crippen molar-refractivity contribution in [3.8, 4) is 0 Å². The van der Waals surface area contributed by atoms with Crippen LogP contribution in [0.5, 0.6) is 0 Å². The highest BCUT2D eigenvalue weighted by atomic mass is 15.2. The SMILES string of the molecule is C1=CC(N2CNc3ccccc3C2)=CCC1. The molecule has 0 amide bonds. The molecule has 0 bridgehead atoms. The number of allylic oxidation sites excluding steroid dienone is 3. The van der Waals surface area contributed by atoms with Crippen molar-refractivity contribution in [2.75, 3.05) is 12.0 Å². The first-order valence-corrected chi connectivity index (χ1v) is 5.87. The lowest BCUT2D eigenvalue weighted by Crippen LogP contribution is -2.32. The molecule has 2 heteroatoms. The Balaban J connectivity index is 1.82. The lowest BCUT2D eigenvalue weighted by Gasteiger charge is -2.33. The van der Waals surface area contributed by atoms with Gasteiger partial charge in [-0.2, -0.15) is 0 Å². The van der Waals surface area contributed by atoms with Crippen molar-refractivity contribution in [3.05, 3.63) is 53.8 Å². The normalized spacial score (nSPS) is 18.8. The van der Waals surface area contributed by atoms with E-state index in [-0.39, 0.29) is 0 Å². The van der Waals surface area contributed by atoms with Crippen LogP contribution in [-0.2, 0) is 6.54 Å². The molecule has 2 aliphatic rings. The van der Waals surface area contributed by atoms with Crippen molar-refractivity contribution >= 4 is 5.69 Å². The predicted molar refractivity (Wildman–Crippen MR) is 66.9 cm³/mol. The van der Waals surface area contributed by atoms with Crippen LogP contribution in [0.1, 0.15) is 18.4 Å². The fourth-order valence-corrected chi connectivity index (χ4v) is 2.29. The molecule has 0 saturated carbocycles. The Labute approximate surface area is 96.3 Å². The van der Waals surface area contributed by atoms with Gasteiger partial charge in [-0.05, 0) is 30.5 Å². The van der Waals surface area contributed by atoms with Gasteiger partial charge in [-0.3, -0.25) is 0 Å². The lowest BCUT2D eigenvalue weighted by molar-refractivity contribution is 0.358. The Hall–Kier alpha value is -1.70. The number of nitrogens with zero attached hydrogens (tertiary/aromatic N) is 1. The lowest BCUT2D eigenvalue weighted by atomic mass is 10.1. The zero-order valence-electron chi connectivity index (χ0n) is 9.32. The van der Waals surface area contributed by atoms with E-state index >= 15 is 0 Å². The monoisotopic (exact) mass is 212 g/mol. The third-order valence-electron chi connectivity index (χ3n) is 3.18. The van der Waals surface area contributed by atoms with Crippen LogP contribution >= 0.6 is 0 Å².